The molecule has 0 aliphatic heterocycles. The van der Waals surface area contributed by atoms with Crippen LogP contribution >= 0.6 is 0 Å². The molecule has 162 valence electrons. The highest BCUT2D eigenvalue weighted by molar-refractivity contribution is 5.72. The van der Waals surface area contributed by atoms with Gasteiger partial charge in [0.25, 0.3) is 0 Å². The molecule has 2 rings (SSSR count). The number of aliphatic hydroxyl groups is 1. The monoisotopic (exact) mass is 405 g/mol. The lowest BCUT2D eigenvalue weighted by molar-refractivity contribution is -0.149. The van der Waals surface area contributed by atoms with E-state index in [0.717, 1.165) is 31.2 Å². The molecule has 29 heavy (non-hydrogen) atoms. The molecule has 1 aromatic rings. The molecule has 0 radical (unpaired) electrons. The number of esters is 1. The van der Waals surface area contributed by atoms with Crippen LogP contribution in [0.1, 0.15) is 58.4 Å². The van der Waals surface area contributed by atoms with Gasteiger partial charge >= 0.3 is 12.1 Å². The van der Waals surface area contributed by atoms with Gasteiger partial charge in [-0.15, -0.1) is 0 Å². The van der Waals surface area contributed by atoms with E-state index in [2.05, 4.69) is 5.32 Å². The average molecular weight is 406 g/mol. The van der Waals surface area contributed by atoms with Crippen LogP contribution in [-0.4, -0.2) is 42.0 Å². The predicted molar refractivity (Wildman–Crippen MR) is 111 cm³/mol. The average Bonchev–Trinajstić information content (AvgIpc) is 2.66. The molecule has 1 aliphatic carbocycles. The minimum absolute atomic E-state index is 0.0462. The molecular formula is C23H35NO5. The van der Waals surface area contributed by atoms with Crippen molar-refractivity contribution in [3.8, 4) is 0 Å². The molecule has 1 saturated carbocycles. The van der Waals surface area contributed by atoms with E-state index < -0.39 is 23.8 Å². The number of methoxy groups -OCH3 is 1. The zero-order chi connectivity index (χ0) is 21.4. The van der Waals surface area contributed by atoms with E-state index in [9.17, 15) is 14.7 Å². The first-order valence-electron chi connectivity index (χ1n) is 10.5. The highest BCUT2D eigenvalue weighted by Gasteiger charge is 2.35. The first-order valence-corrected chi connectivity index (χ1v) is 10.5. The van der Waals surface area contributed by atoms with Gasteiger partial charge in [-0.25, -0.2) is 4.79 Å². The second-order valence-corrected chi connectivity index (χ2v) is 8.92. The van der Waals surface area contributed by atoms with Gasteiger partial charge in [-0.1, -0.05) is 43.2 Å². The third-order valence-corrected chi connectivity index (χ3v) is 5.42. The maximum atomic E-state index is 12.4. The highest BCUT2D eigenvalue weighted by atomic mass is 16.6. The summed E-state index contributed by atoms with van der Waals surface area (Å²) in [4.78, 5) is 24.5. The SMILES string of the molecule is COC(=O)[C@@H]1CCCC[C@H]1C[C@@H](O)[C@H](Cc1ccccc1)NC(=O)OC(C)(C)C. The van der Waals surface area contributed by atoms with Crippen LogP contribution in [0, 0.1) is 11.8 Å². The molecule has 0 saturated heterocycles. The van der Waals surface area contributed by atoms with Crippen LogP contribution in [0.5, 0.6) is 0 Å². The summed E-state index contributed by atoms with van der Waals surface area (Å²) in [5.74, 6) is -0.353. The van der Waals surface area contributed by atoms with Gasteiger partial charge in [-0.3, -0.25) is 4.79 Å². The molecular weight excluding hydrogens is 370 g/mol. The fourth-order valence-electron chi connectivity index (χ4n) is 4.04. The van der Waals surface area contributed by atoms with Crippen LogP contribution in [0.15, 0.2) is 30.3 Å². The summed E-state index contributed by atoms with van der Waals surface area (Å²) < 4.78 is 10.4. The van der Waals surface area contributed by atoms with Crippen molar-refractivity contribution in [1.29, 1.82) is 0 Å². The summed E-state index contributed by atoms with van der Waals surface area (Å²) >= 11 is 0. The fourth-order valence-corrected chi connectivity index (χ4v) is 4.04. The molecule has 1 aromatic carbocycles. The van der Waals surface area contributed by atoms with Crippen molar-refractivity contribution in [3.63, 3.8) is 0 Å². The Morgan fingerprint density at radius 3 is 2.45 bits per heavy atom. The van der Waals surface area contributed by atoms with E-state index in [1.54, 1.807) is 20.8 Å². The molecule has 0 unspecified atom stereocenters. The second-order valence-electron chi connectivity index (χ2n) is 8.92. The molecule has 4 atom stereocenters. The van der Waals surface area contributed by atoms with Crippen molar-refractivity contribution in [2.24, 2.45) is 11.8 Å². The van der Waals surface area contributed by atoms with E-state index in [1.165, 1.54) is 7.11 Å². The Balaban J connectivity index is 2.10. The molecule has 1 aliphatic rings. The zero-order valence-electron chi connectivity index (χ0n) is 18.0. The number of aliphatic hydroxyl groups excluding tert-OH is 1. The maximum absolute atomic E-state index is 12.4. The lowest BCUT2D eigenvalue weighted by Gasteiger charge is -2.33. The first kappa shape index (κ1) is 23.2. The standard InChI is InChI=1S/C23H35NO5/c1-23(2,3)29-22(27)24-19(14-16-10-6-5-7-11-16)20(25)15-17-12-8-9-13-18(17)21(26)28-4/h5-7,10-11,17-20,25H,8-9,12-15H2,1-4H3,(H,24,27)/t17-,18+,19-,20+/m0/s1. The van der Waals surface area contributed by atoms with Gasteiger partial charge in [0.2, 0.25) is 0 Å². The quantitative estimate of drug-likeness (QED) is 0.673. The first-order chi connectivity index (χ1) is 13.7. The summed E-state index contributed by atoms with van der Waals surface area (Å²) in [5, 5.41) is 13.9. The number of hydrogen-bond donors (Lipinski definition) is 2. The Labute approximate surface area is 174 Å². The molecule has 0 spiro atoms. The number of carbonyl (C=O) groups excluding carboxylic acids is 2. The lowest BCUT2D eigenvalue weighted by Crippen LogP contribution is -2.48. The minimum Gasteiger partial charge on any atom is -0.469 e. The maximum Gasteiger partial charge on any atom is 0.407 e. The summed E-state index contributed by atoms with van der Waals surface area (Å²) in [6.07, 6.45) is 3.27. The van der Waals surface area contributed by atoms with E-state index in [1.807, 2.05) is 30.3 Å². The summed E-state index contributed by atoms with van der Waals surface area (Å²) in [5.41, 5.74) is 0.395. The van der Waals surface area contributed by atoms with E-state index in [0.29, 0.717) is 12.8 Å². The normalized spacial score (nSPS) is 21.7. The van der Waals surface area contributed by atoms with Crippen molar-refractivity contribution in [2.45, 2.75) is 77.0 Å². The predicted octanol–water partition coefficient (Wildman–Crippen LogP) is 3.85. The van der Waals surface area contributed by atoms with E-state index in [4.69, 9.17) is 9.47 Å². The molecule has 6 heteroatoms. The number of amides is 1. The lowest BCUT2D eigenvalue weighted by atomic mass is 9.75. The molecule has 0 heterocycles. The molecule has 0 aromatic heterocycles. The molecule has 0 bridgehead atoms. The molecule has 6 nitrogen and oxygen atoms in total. The molecule has 1 fully saturated rings. The second kappa shape index (κ2) is 10.6. The van der Waals surface area contributed by atoms with Crippen molar-refractivity contribution >= 4 is 12.1 Å². The van der Waals surface area contributed by atoms with Gasteiger partial charge in [0, 0.05) is 0 Å². The zero-order valence-corrected chi connectivity index (χ0v) is 18.0. The van der Waals surface area contributed by atoms with Crippen molar-refractivity contribution in [3.05, 3.63) is 35.9 Å². The van der Waals surface area contributed by atoms with E-state index >= 15 is 0 Å². The number of carbonyl (C=O) groups is 2. The van der Waals surface area contributed by atoms with Gasteiger partial charge in [-0.2, -0.15) is 0 Å². The van der Waals surface area contributed by atoms with Crippen LogP contribution in [0.25, 0.3) is 0 Å². The number of rotatable bonds is 7. The Morgan fingerprint density at radius 2 is 1.83 bits per heavy atom. The summed E-state index contributed by atoms with van der Waals surface area (Å²) in [6, 6.07) is 9.22. The summed E-state index contributed by atoms with van der Waals surface area (Å²) in [6.45, 7) is 5.41. The Morgan fingerprint density at radius 1 is 1.17 bits per heavy atom. The largest absolute Gasteiger partial charge is 0.469 e. The van der Waals surface area contributed by atoms with E-state index in [-0.39, 0.29) is 17.8 Å². The topological polar surface area (TPSA) is 84.9 Å². The number of benzene rings is 1. The molecule has 2 N–H and O–H groups in total. The molecule has 1 amide bonds. The fraction of sp³-hybridized carbons (Fsp3) is 0.652. The van der Waals surface area contributed by atoms with Crippen LogP contribution in [0.4, 0.5) is 4.79 Å². The van der Waals surface area contributed by atoms with Gasteiger partial charge in [-0.05, 0) is 57.9 Å². The van der Waals surface area contributed by atoms with Crippen LogP contribution in [0.2, 0.25) is 0 Å². The Kier molecular flexibility index (Phi) is 8.50. The van der Waals surface area contributed by atoms with Gasteiger partial charge in [0.05, 0.1) is 25.2 Å². The highest BCUT2D eigenvalue weighted by Crippen LogP contribution is 2.34. The van der Waals surface area contributed by atoms with Gasteiger partial charge in [0.15, 0.2) is 0 Å². The van der Waals surface area contributed by atoms with Gasteiger partial charge in [0.1, 0.15) is 5.60 Å². The Hall–Kier alpha value is -2.08. The minimum atomic E-state index is -0.794. The Bertz CT molecular complexity index is 655. The number of ether oxygens (including phenoxy) is 2. The van der Waals surface area contributed by atoms with Crippen LogP contribution < -0.4 is 5.32 Å². The van der Waals surface area contributed by atoms with Crippen molar-refractivity contribution in [2.75, 3.05) is 7.11 Å². The number of alkyl carbamates (subject to hydrolysis) is 1. The summed E-state index contributed by atoms with van der Waals surface area (Å²) in [7, 11) is 1.41. The van der Waals surface area contributed by atoms with Crippen molar-refractivity contribution in [1.82, 2.24) is 5.32 Å². The number of nitrogens with one attached hydrogen (secondary N) is 1. The van der Waals surface area contributed by atoms with Crippen LogP contribution in [0.3, 0.4) is 0 Å². The smallest absolute Gasteiger partial charge is 0.407 e. The third-order valence-electron chi connectivity index (χ3n) is 5.42. The van der Waals surface area contributed by atoms with Crippen molar-refractivity contribution < 1.29 is 24.2 Å². The number of hydrogen-bond acceptors (Lipinski definition) is 5. The van der Waals surface area contributed by atoms with Gasteiger partial charge < -0.3 is 19.9 Å². The third kappa shape index (κ3) is 7.69. The van der Waals surface area contributed by atoms with Crippen LogP contribution in [-0.2, 0) is 20.7 Å².